The minimum absolute atomic E-state index is 0.329. The Bertz CT molecular complexity index is 1350. The summed E-state index contributed by atoms with van der Waals surface area (Å²) in [6.07, 6.45) is 5.04. The molecule has 0 atom stereocenters. The number of anilines is 4. The normalized spacial score (nSPS) is 13.6. The standard InChI is InChI=1S/C25H29BrN6O3.C3H4F2O2/c1-33-22-6-5-20(16-23(22)35-14-11-32-9-12-34-13-10-32)30-25-28-17-21(26)24(31-25)29-19-4-2-3-18(15-19)7-8-27;1-3(4,5)2(6)7/h2-8,15-17H,9-14,27H2,1H3,(H2,28,29,30,31);1H3,(H,6,7)/b8-7-;. The third kappa shape index (κ3) is 10.4. The highest BCUT2D eigenvalue weighted by Gasteiger charge is 2.31. The van der Waals surface area contributed by atoms with Crippen LogP contribution in [-0.2, 0) is 9.53 Å². The molecule has 0 aliphatic carbocycles. The number of alkyl halides is 2. The molecule has 1 aliphatic heterocycles. The zero-order valence-corrected chi connectivity index (χ0v) is 24.7. The molecule has 4 rings (SSSR count). The van der Waals surface area contributed by atoms with Crippen molar-refractivity contribution >= 4 is 51.1 Å². The first kappa shape index (κ1) is 32.5. The van der Waals surface area contributed by atoms with Crippen LogP contribution in [0.15, 0.2) is 59.3 Å². The topological polar surface area (TPSA) is 144 Å². The quantitative estimate of drug-likeness (QED) is 0.220. The fourth-order valence-corrected chi connectivity index (χ4v) is 3.88. The molecule has 0 unspecified atom stereocenters. The number of aromatic nitrogens is 2. The van der Waals surface area contributed by atoms with Gasteiger partial charge in [-0.2, -0.15) is 13.8 Å². The number of morpholine rings is 1. The average Bonchev–Trinajstić information content (AvgIpc) is 2.96. The number of nitrogens with zero attached hydrogens (tertiary/aromatic N) is 3. The Kier molecular flexibility index (Phi) is 12.3. The van der Waals surface area contributed by atoms with Crippen molar-refractivity contribution in [3.05, 3.63) is 64.9 Å². The molecule has 3 aromatic rings. The van der Waals surface area contributed by atoms with E-state index < -0.39 is 11.9 Å². The van der Waals surface area contributed by atoms with Gasteiger partial charge < -0.3 is 35.7 Å². The Labute approximate surface area is 250 Å². The van der Waals surface area contributed by atoms with Gasteiger partial charge in [-0.1, -0.05) is 12.1 Å². The van der Waals surface area contributed by atoms with E-state index in [-0.39, 0.29) is 0 Å². The number of aliphatic carboxylic acids is 1. The maximum atomic E-state index is 11.2. The highest BCUT2D eigenvalue weighted by Crippen LogP contribution is 2.32. The highest BCUT2D eigenvalue weighted by molar-refractivity contribution is 9.10. The molecule has 11 nitrogen and oxygen atoms in total. The molecule has 0 saturated carbocycles. The number of benzene rings is 2. The van der Waals surface area contributed by atoms with Crippen LogP contribution in [0.25, 0.3) is 6.08 Å². The van der Waals surface area contributed by atoms with Crippen LogP contribution in [0.3, 0.4) is 0 Å². The maximum absolute atomic E-state index is 11.2. The van der Waals surface area contributed by atoms with Gasteiger partial charge in [0.25, 0.3) is 0 Å². The summed E-state index contributed by atoms with van der Waals surface area (Å²) in [5.74, 6) is -3.27. The van der Waals surface area contributed by atoms with Crippen LogP contribution in [0.2, 0.25) is 0 Å². The number of hydrogen-bond acceptors (Lipinski definition) is 10. The number of nitrogens with one attached hydrogen (secondary N) is 2. The van der Waals surface area contributed by atoms with Crippen LogP contribution in [0.5, 0.6) is 11.5 Å². The second kappa shape index (κ2) is 15.8. The van der Waals surface area contributed by atoms with Gasteiger partial charge in [0.05, 0.1) is 24.8 Å². The van der Waals surface area contributed by atoms with Crippen molar-refractivity contribution in [2.24, 2.45) is 5.73 Å². The lowest BCUT2D eigenvalue weighted by molar-refractivity contribution is -0.161. The molecule has 1 saturated heterocycles. The number of ether oxygens (including phenoxy) is 3. The van der Waals surface area contributed by atoms with Gasteiger partial charge >= 0.3 is 11.9 Å². The second-order valence-electron chi connectivity index (χ2n) is 8.99. The number of rotatable bonds is 11. The smallest absolute Gasteiger partial charge is 0.374 e. The fourth-order valence-electron chi connectivity index (χ4n) is 3.59. The molecule has 1 aromatic heterocycles. The Morgan fingerprint density at radius 1 is 1.19 bits per heavy atom. The largest absolute Gasteiger partial charge is 0.493 e. The van der Waals surface area contributed by atoms with Crippen molar-refractivity contribution in [2.45, 2.75) is 12.8 Å². The zero-order valence-electron chi connectivity index (χ0n) is 23.1. The summed E-state index contributed by atoms with van der Waals surface area (Å²) in [5.41, 5.74) is 8.16. The van der Waals surface area contributed by atoms with E-state index in [1.54, 1.807) is 13.3 Å². The molecule has 0 amide bonds. The SMILES string of the molecule is CC(F)(F)C(=O)O.COc1ccc(Nc2ncc(Br)c(Nc3cccc(/C=C\N)c3)n2)cc1OCCN1CCOCC1. The van der Waals surface area contributed by atoms with E-state index in [1.807, 2.05) is 48.5 Å². The molecule has 42 heavy (non-hydrogen) atoms. The third-order valence-electron chi connectivity index (χ3n) is 5.75. The van der Waals surface area contributed by atoms with Crippen LogP contribution in [0.1, 0.15) is 12.5 Å². The summed E-state index contributed by atoms with van der Waals surface area (Å²) < 4.78 is 40.1. The summed E-state index contributed by atoms with van der Waals surface area (Å²) >= 11 is 3.52. The monoisotopic (exact) mass is 650 g/mol. The first-order valence-electron chi connectivity index (χ1n) is 12.9. The van der Waals surface area contributed by atoms with Gasteiger partial charge in [-0.15, -0.1) is 0 Å². The highest BCUT2D eigenvalue weighted by atomic mass is 79.9. The van der Waals surface area contributed by atoms with Crippen molar-refractivity contribution in [1.82, 2.24) is 14.9 Å². The number of carboxylic acid groups (broad SMARTS) is 1. The number of carbonyl (C=O) groups is 1. The molecule has 2 heterocycles. The lowest BCUT2D eigenvalue weighted by Crippen LogP contribution is -2.38. The molecule has 2 aromatic carbocycles. The molecule has 1 fully saturated rings. The third-order valence-corrected chi connectivity index (χ3v) is 6.33. The first-order valence-corrected chi connectivity index (χ1v) is 13.7. The molecule has 14 heteroatoms. The van der Waals surface area contributed by atoms with Crippen molar-refractivity contribution in [2.75, 3.05) is 57.2 Å². The van der Waals surface area contributed by atoms with Crippen LogP contribution < -0.4 is 25.8 Å². The summed E-state index contributed by atoms with van der Waals surface area (Å²) in [6, 6.07) is 13.5. The van der Waals surface area contributed by atoms with E-state index in [1.165, 1.54) is 6.20 Å². The van der Waals surface area contributed by atoms with Crippen LogP contribution in [-0.4, -0.2) is 78.4 Å². The minimum atomic E-state index is -3.58. The fraction of sp³-hybridized carbons (Fsp3) is 0.321. The summed E-state index contributed by atoms with van der Waals surface area (Å²) in [6.45, 7) is 5.10. The Hall–Kier alpha value is -4.01. The van der Waals surface area contributed by atoms with Gasteiger partial charge in [0.1, 0.15) is 12.4 Å². The number of nitrogens with two attached hydrogens (primary N) is 1. The van der Waals surface area contributed by atoms with Gasteiger partial charge in [-0.3, -0.25) is 4.90 Å². The lowest BCUT2D eigenvalue weighted by atomic mass is 10.2. The van der Waals surface area contributed by atoms with E-state index in [4.69, 9.17) is 25.1 Å². The predicted octanol–water partition coefficient (Wildman–Crippen LogP) is 5.10. The van der Waals surface area contributed by atoms with Crippen LogP contribution in [0, 0.1) is 0 Å². The Morgan fingerprint density at radius 2 is 1.90 bits per heavy atom. The molecule has 0 bridgehead atoms. The molecule has 5 N–H and O–H groups in total. The van der Waals surface area contributed by atoms with E-state index in [9.17, 15) is 13.6 Å². The van der Waals surface area contributed by atoms with E-state index in [0.29, 0.717) is 36.8 Å². The number of hydrogen-bond donors (Lipinski definition) is 4. The zero-order chi connectivity index (χ0) is 30.5. The molecular weight excluding hydrogens is 618 g/mol. The summed E-state index contributed by atoms with van der Waals surface area (Å²) in [4.78, 5) is 20.6. The van der Waals surface area contributed by atoms with Gasteiger partial charge in [0, 0.05) is 50.2 Å². The maximum Gasteiger partial charge on any atom is 0.374 e. The van der Waals surface area contributed by atoms with Crippen LogP contribution in [0.4, 0.5) is 31.9 Å². The molecular formula is C28H33BrF2N6O5. The van der Waals surface area contributed by atoms with Crippen LogP contribution >= 0.6 is 15.9 Å². The van der Waals surface area contributed by atoms with Gasteiger partial charge in [0.2, 0.25) is 5.95 Å². The van der Waals surface area contributed by atoms with E-state index in [0.717, 1.165) is 54.3 Å². The molecule has 0 spiro atoms. The number of methoxy groups -OCH3 is 1. The van der Waals surface area contributed by atoms with Crippen molar-refractivity contribution in [3.8, 4) is 11.5 Å². The van der Waals surface area contributed by atoms with Gasteiger partial charge in [0.15, 0.2) is 11.5 Å². The molecule has 226 valence electrons. The molecule has 1 aliphatic rings. The predicted molar refractivity (Wildman–Crippen MR) is 160 cm³/mol. The first-order chi connectivity index (χ1) is 20.1. The average molecular weight is 652 g/mol. The Balaban J connectivity index is 0.000000616. The second-order valence-corrected chi connectivity index (χ2v) is 9.84. The van der Waals surface area contributed by atoms with Crippen molar-refractivity contribution < 1.29 is 32.9 Å². The Morgan fingerprint density at radius 3 is 2.57 bits per heavy atom. The van der Waals surface area contributed by atoms with Crippen molar-refractivity contribution in [1.29, 1.82) is 0 Å². The van der Waals surface area contributed by atoms with E-state index in [2.05, 4.69) is 41.4 Å². The lowest BCUT2D eigenvalue weighted by Gasteiger charge is -2.26. The van der Waals surface area contributed by atoms with Gasteiger partial charge in [-0.05, 0) is 58.0 Å². The van der Waals surface area contributed by atoms with Gasteiger partial charge in [-0.25, -0.2) is 9.78 Å². The number of carboxylic acids is 1. The summed E-state index contributed by atoms with van der Waals surface area (Å²) in [7, 11) is 1.63. The minimum Gasteiger partial charge on any atom is -0.493 e. The number of halogens is 3. The van der Waals surface area contributed by atoms with E-state index >= 15 is 0 Å². The van der Waals surface area contributed by atoms with Crippen molar-refractivity contribution in [3.63, 3.8) is 0 Å². The molecule has 0 radical (unpaired) electrons. The summed E-state index contributed by atoms with van der Waals surface area (Å²) in [5, 5.41) is 14.1.